The molecular weight excluding hydrogens is 334 g/mol. The van der Waals surface area contributed by atoms with Crippen LogP contribution < -0.4 is 10.7 Å². The third-order valence-electron chi connectivity index (χ3n) is 2.80. The van der Waals surface area contributed by atoms with Crippen LogP contribution in [-0.2, 0) is 19.1 Å². The molecule has 0 saturated heterocycles. The molecule has 0 aliphatic heterocycles. The summed E-state index contributed by atoms with van der Waals surface area (Å²) in [7, 11) is 0. The molecule has 2 amide bonds. The van der Waals surface area contributed by atoms with Crippen LogP contribution in [0, 0.1) is 0 Å². The van der Waals surface area contributed by atoms with Crippen molar-refractivity contribution in [3.63, 3.8) is 0 Å². The van der Waals surface area contributed by atoms with E-state index in [1.165, 1.54) is 0 Å². The van der Waals surface area contributed by atoms with Crippen molar-refractivity contribution < 1.29 is 19.1 Å². The molecule has 2 N–H and O–H groups in total. The predicted octanol–water partition coefficient (Wildman–Crippen LogP) is 2.50. The zero-order valence-electron chi connectivity index (χ0n) is 13.6. The highest BCUT2D eigenvalue weighted by atomic mass is 35.5. The number of carbonyl (C=O) groups is 3. The van der Waals surface area contributed by atoms with E-state index in [4.69, 9.17) is 16.3 Å². The van der Waals surface area contributed by atoms with E-state index in [-0.39, 0.29) is 25.2 Å². The lowest BCUT2D eigenvalue weighted by Crippen LogP contribution is -2.22. The first-order valence-corrected chi connectivity index (χ1v) is 7.82. The number of carbonyl (C=O) groups excluding carboxylic acids is 3. The SMILES string of the molecule is CCOC(=O)C/C(C)=N/NC(=O)CCC(=O)Nc1ccccc1Cl. The van der Waals surface area contributed by atoms with Crippen LogP contribution >= 0.6 is 11.6 Å². The van der Waals surface area contributed by atoms with E-state index in [2.05, 4.69) is 15.8 Å². The zero-order chi connectivity index (χ0) is 17.9. The number of amides is 2. The number of rotatable bonds is 8. The lowest BCUT2D eigenvalue weighted by Gasteiger charge is -2.06. The summed E-state index contributed by atoms with van der Waals surface area (Å²) < 4.78 is 4.77. The van der Waals surface area contributed by atoms with Crippen LogP contribution in [0.25, 0.3) is 0 Å². The number of hydrazone groups is 1. The van der Waals surface area contributed by atoms with Crippen LogP contribution in [-0.4, -0.2) is 30.1 Å². The van der Waals surface area contributed by atoms with E-state index in [1.54, 1.807) is 38.1 Å². The molecular formula is C16H20ClN3O4. The number of benzene rings is 1. The van der Waals surface area contributed by atoms with E-state index in [9.17, 15) is 14.4 Å². The molecule has 0 aromatic heterocycles. The number of ether oxygens (including phenoxy) is 1. The summed E-state index contributed by atoms with van der Waals surface area (Å²) >= 11 is 5.93. The Morgan fingerprint density at radius 3 is 2.50 bits per heavy atom. The number of hydrogen-bond acceptors (Lipinski definition) is 5. The van der Waals surface area contributed by atoms with Crippen LogP contribution in [0.2, 0.25) is 5.02 Å². The molecule has 0 aliphatic carbocycles. The topological polar surface area (TPSA) is 96.9 Å². The van der Waals surface area contributed by atoms with Gasteiger partial charge in [0.05, 0.1) is 23.7 Å². The van der Waals surface area contributed by atoms with Crippen molar-refractivity contribution in [1.29, 1.82) is 0 Å². The second-order valence-electron chi connectivity index (χ2n) is 4.89. The summed E-state index contributed by atoms with van der Waals surface area (Å²) in [5.74, 6) is -1.16. The zero-order valence-corrected chi connectivity index (χ0v) is 14.4. The van der Waals surface area contributed by atoms with E-state index in [0.717, 1.165) is 0 Å². The number of nitrogens with zero attached hydrogens (tertiary/aromatic N) is 1. The fraction of sp³-hybridized carbons (Fsp3) is 0.375. The van der Waals surface area contributed by atoms with Gasteiger partial charge in [-0.3, -0.25) is 14.4 Å². The number of anilines is 1. The highest BCUT2D eigenvalue weighted by molar-refractivity contribution is 6.33. The fourth-order valence-corrected chi connectivity index (χ4v) is 1.86. The lowest BCUT2D eigenvalue weighted by atomic mass is 10.2. The first-order chi connectivity index (χ1) is 11.4. The maximum absolute atomic E-state index is 11.8. The van der Waals surface area contributed by atoms with Crippen LogP contribution in [0.5, 0.6) is 0 Å². The number of halogens is 1. The molecule has 24 heavy (non-hydrogen) atoms. The van der Waals surface area contributed by atoms with Crippen molar-refractivity contribution in [3.05, 3.63) is 29.3 Å². The minimum absolute atomic E-state index is 0.00110. The Balaban J connectivity index is 2.34. The van der Waals surface area contributed by atoms with Crippen LogP contribution in [0.3, 0.4) is 0 Å². The van der Waals surface area contributed by atoms with Gasteiger partial charge in [0.15, 0.2) is 0 Å². The minimum Gasteiger partial charge on any atom is -0.466 e. The van der Waals surface area contributed by atoms with Gasteiger partial charge < -0.3 is 10.1 Å². The number of esters is 1. The Hall–Kier alpha value is -2.41. The molecule has 0 aliphatic rings. The maximum Gasteiger partial charge on any atom is 0.311 e. The largest absolute Gasteiger partial charge is 0.466 e. The van der Waals surface area contributed by atoms with Crippen LogP contribution in [0.15, 0.2) is 29.4 Å². The summed E-state index contributed by atoms with van der Waals surface area (Å²) in [6.07, 6.45) is -0.0446. The van der Waals surface area contributed by atoms with E-state index in [1.807, 2.05) is 0 Å². The number of para-hydroxylation sites is 1. The summed E-state index contributed by atoms with van der Waals surface area (Å²) in [4.78, 5) is 34.7. The molecule has 7 nitrogen and oxygen atoms in total. The Labute approximate surface area is 145 Å². The average Bonchev–Trinajstić information content (AvgIpc) is 2.53. The van der Waals surface area contributed by atoms with Crippen molar-refractivity contribution in [1.82, 2.24) is 5.43 Å². The van der Waals surface area contributed by atoms with Crippen molar-refractivity contribution in [2.45, 2.75) is 33.1 Å². The minimum atomic E-state index is -0.424. The third kappa shape index (κ3) is 7.73. The van der Waals surface area contributed by atoms with Crippen LogP contribution in [0.4, 0.5) is 5.69 Å². The van der Waals surface area contributed by atoms with E-state index in [0.29, 0.717) is 23.0 Å². The molecule has 0 atom stereocenters. The molecule has 0 fully saturated rings. The van der Waals surface area contributed by atoms with Gasteiger partial charge in [0.25, 0.3) is 0 Å². The molecule has 0 unspecified atom stereocenters. The molecule has 0 saturated carbocycles. The smallest absolute Gasteiger partial charge is 0.311 e. The van der Waals surface area contributed by atoms with Crippen molar-refractivity contribution >= 4 is 40.8 Å². The molecule has 0 heterocycles. The maximum atomic E-state index is 11.8. The standard InChI is InChI=1S/C16H20ClN3O4/c1-3-24-16(23)10-11(2)19-20-15(22)9-8-14(21)18-13-7-5-4-6-12(13)17/h4-7H,3,8-10H2,1-2H3,(H,18,21)(H,20,22)/b19-11+. The highest BCUT2D eigenvalue weighted by Crippen LogP contribution is 2.20. The average molecular weight is 354 g/mol. The van der Waals surface area contributed by atoms with Gasteiger partial charge in [0, 0.05) is 18.6 Å². The Morgan fingerprint density at radius 2 is 1.83 bits per heavy atom. The Bertz CT molecular complexity index is 632. The van der Waals surface area contributed by atoms with E-state index >= 15 is 0 Å². The van der Waals surface area contributed by atoms with Crippen molar-refractivity contribution in [2.75, 3.05) is 11.9 Å². The second-order valence-corrected chi connectivity index (χ2v) is 5.30. The second kappa shape index (κ2) is 10.4. The molecule has 0 bridgehead atoms. The van der Waals surface area contributed by atoms with Gasteiger partial charge in [0.2, 0.25) is 11.8 Å². The van der Waals surface area contributed by atoms with Gasteiger partial charge in [-0.05, 0) is 26.0 Å². The normalized spacial score (nSPS) is 10.9. The number of nitrogens with one attached hydrogen (secondary N) is 2. The van der Waals surface area contributed by atoms with Gasteiger partial charge in [0.1, 0.15) is 0 Å². The molecule has 8 heteroatoms. The fourth-order valence-electron chi connectivity index (χ4n) is 1.68. The molecule has 1 aromatic rings. The summed E-state index contributed by atoms with van der Waals surface area (Å²) in [5.41, 5.74) is 3.21. The quantitative estimate of drug-likeness (QED) is 0.426. The lowest BCUT2D eigenvalue weighted by molar-refractivity contribution is -0.141. The van der Waals surface area contributed by atoms with Crippen LogP contribution in [0.1, 0.15) is 33.1 Å². The van der Waals surface area contributed by atoms with Gasteiger partial charge >= 0.3 is 5.97 Å². The highest BCUT2D eigenvalue weighted by Gasteiger charge is 2.09. The van der Waals surface area contributed by atoms with Crippen molar-refractivity contribution in [3.8, 4) is 0 Å². The molecule has 130 valence electrons. The van der Waals surface area contributed by atoms with Gasteiger partial charge in [-0.2, -0.15) is 5.10 Å². The summed E-state index contributed by atoms with van der Waals surface area (Å²) in [6.45, 7) is 3.60. The molecule has 1 aromatic carbocycles. The predicted molar refractivity (Wildman–Crippen MR) is 91.8 cm³/mol. The van der Waals surface area contributed by atoms with Gasteiger partial charge in [-0.15, -0.1) is 0 Å². The Kier molecular flexibility index (Phi) is 8.49. The summed E-state index contributed by atoms with van der Waals surface area (Å²) in [5, 5.41) is 6.83. The molecule has 0 spiro atoms. The van der Waals surface area contributed by atoms with Crippen molar-refractivity contribution in [2.24, 2.45) is 5.10 Å². The monoisotopic (exact) mass is 353 g/mol. The summed E-state index contributed by atoms with van der Waals surface area (Å²) in [6, 6.07) is 6.82. The first-order valence-electron chi connectivity index (χ1n) is 7.44. The molecule has 0 radical (unpaired) electrons. The van der Waals surface area contributed by atoms with Gasteiger partial charge in [-0.25, -0.2) is 5.43 Å². The third-order valence-corrected chi connectivity index (χ3v) is 3.13. The first kappa shape index (κ1) is 19.6. The van der Waals surface area contributed by atoms with E-state index < -0.39 is 11.9 Å². The van der Waals surface area contributed by atoms with Gasteiger partial charge in [-0.1, -0.05) is 23.7 Å². The molecule has 1 rings (SSSR count). The number of hydrogen-bond donors (Lipinski definition) is 2. The Morgan fingerprint density at radius 1 is 1.17 bits per heavy atom.